The van der Waals surface area contributed by atoms with Gasteiger partial charge in [-0.3, -0.25) is 0 Å². The van der Waals surface area contributed by atoms with Crippen molar-refractivity contribution in [3.05, 3.63) is 27.8 Å². The van der Waals surface area contributed by atoms with E-state index in [0.717, 1.165) is 35.2 Å². The molecule has 1 heterocycles. The number of piperidine rings is 1. The zero-order chi connectivity index (χ0) is 18.8. The van der Waals surface area contributed by atoms with Crippen LogP contribution in [0.2, 0.25) is 0 Å². The third-order valence-corrected chi connectivity index (χ3v) is 7.98. The Bertz CT molecular complexity index is 697. The van der Waals surface area contributed by atoms with E-state index in [1.165, 1.54) is 31.4 Å². The first kappa shape index (κ1) is 20.4. The molecule has 1 aromatic carbocycles. The van der Waals surface area contributed by atoms with Crippen molar-refractivity contribution in [1.29, 1.82) is 0 Å². The maximum Gasteiger partial charge on any atom is 0.241 e. The number of rotatable bonds is 6. The van der Waals surface area contributed by atoms with Gasteiger partial charge >= 0.3 is 0 Å². The molecule has 0 aliphatic carbocycles. The Kier molecular flexibility index (Phi) is 6.68. The Labute approximate surface area is 154 Å². The zero-order valence-electron chi connectivity index (χ0n) is 16.8. The maximum absolute atomic E-state index is 12.9. The molecular formula is C20H35N2O2S+. The minimum Gasteiger partial charge on any atom is -0.333 e. The summed E-state index contributed by atoms with van der Waals surface area (Å²) in [5.74, 6) is 0. The lowest BCUT2D eigenvalue weighted by atomic mass is 9.95. The van der Waals surface area contributed by atoms with Gasteiger partial charge in [-0.2, -0.15) is 0 Å². The number of benzene rings is 1. The highest BCUT2D eigenvalue weighted by atomic mass is 32.2. The van der Waals surface area contributed by atoms with Crippen LogP contribution in [-0.2, 0) is 10.0 Å². The molecule has 142 valence electrons. The van der Waals surface area contributed by atoms with Crippen LogP contribution in [0.3, 0.4) is 0 Å². The molecule has 1 fully saturated rings. The van der Waals surface area contributed by atoms with E-state index < -0.39 is 10.0 Å². The van der Waals surface area contributed by atoms with Gasteiger partial charge in [-0.05, 0) is 88.6 Å². The van der Waals surface area contributed by atoms with Crippen LogP contribution in [0, 0.1) is 34.6 Å². The molecule has 0 saturated carbocycles. The Morgan fingerprint density at radius 1 is 0.960 bits per heavy atom. The average Bonchev–Trinajstić information content (AvgIpc) is 2.56. The third-order valence-electron chi connectivity index (χ3n) is 6.25. The first-order valence-electron chi connectivity index (χ1n) is 9.58. The van der Waals surface area contributed by atoms with Crippen molar-refractivity contribution < 1.29 is 13.3 Å². The van der Waals surface area contributed by atoms with E-state index in [-0.39, 0.29) is 0 Å². The molecule has 2 atom stereocenters. The SMILES string of the molecule is Cc1c(C)c(C)c(S(=O)(=O)NCCC[NH+]2CCCCC2C)c(C)c1C. The van der Waals surface area contributed by atoms with Crippen molar-refractivity contribution in [2.24, 2.45) is 0 Å². The molecule has 2 N–H and O–H groups in total. The van der Waals surface area contributed by atoms with E-state index in [1.807, 2.05) is 27.7 Å². The normalized spacial score (nSPS) is 21.5. The first-order valence-corrected chi connectivity index (χ1v) is 11.1. The number of hydrogen-bond acceptors (Lipinski definition) is 2. The number of hydrogen-bond donors (Lipinski definition) is 2. The summed E-state index contributed by atoms with van der Waals surface area (Å²) < 4.78 is 28.6. The minimum atomic E-state index is -3.46. The van der Waals surface area contributed by atoms with Gasteiger partial charge in [-0.25, -0.2) is 13.1 Å². The maximum atomic E-state index is 12.9. The summed E-state index contributed by atoms with van der Waals surface area (Å²) in [5.41, 5.74) is 5.11. The van der Waals surface area contributed by atoms with Gasteiger partial charge in [-0.15, -0.1) is 0 Å². The molecule has 0 amide bonds. The lowest BCUT2D eigenvalue weighted by Crippen LogP contribution is -3.16. The first-order chi connectivity index (χ1) is 11.7. The molecule has 0 radical (unpaired) electrons. The van der Waals surface area contributed by atoms with Crippen LogP contribution in [0.25, 0.3) is 0 Å². The van der Waals surface area contributed by atoms with Crippen molar-refractivity contribution >= 4 is 10.0 Å². The summed E-state index contributed by atoms with van der Waals surface area (Å²) in [5, 5.41) is 0. The molecule has 25 heavy (non-hydrogen) atoms. The van der Waals surface area contributed by atoms with Crippen LogP contribution in [-0.4, -0.2) is 34.1 Å². The van der Waals surface area contributed by atoms with Crippen molar-refractivity contribution in [3.8, 4) is 0 Å². The summed E-state index contributed by atoms with van der Waals surface area (Å²) in [4.78, 5) is 2.10. The third kappa shape index (κ3) is 4.44. The van der Waals surface area contributed by atoms with Gasteiger partial charge in [0, 0.05) is 13.0 Å². The van der Waals surface area contributed by atoms with Crippen LogP contribution in [0.5, 0.6) is 0 Å². The van der Waals surface area contributed by atoms with Gasteiger partial charge < -0.3 is 4.90 Å². The van der Waals surface area contributed by atoms with Gasteiger partial charge in [0.1, 0.15) is 0 Å². The number of likely N-dealkylation sites (tertiary alicyclic amines) is 1. The van der Waals surface area contributed by atoms with E-state index in [2.05, 4.69) is 18.6 Å². The lowest BCUT2D eigenvalue weighted by molar-refractivity contribution is -0.928. The summed E-state index contributed by atoms with van der Waals surface area (Å²) in [6.45, 7) is 15.0. The highest BCUT2D eigenvalue weighted by molar-refractivity contribution is 7.89. The molecule has 1 saturated heterocycles. The molecule has 0 aromatic heterocycles. The second-order valence-electron chi connectivity index (χ2n) is 7.76. The molecule has 1 aliphatic rings. The topological polar surface area (TPSA) is 50.6 Å². The Morgan fingerprint density at radius 2 is 1.52 bits per heavy atom. The molecule has 1 aliphatic heterocycles. The number of nitrogens with one attached hydrogen (secondary N) is 2. The Morgan fingerprint density at radius 3 is 2.08 bits per heavy atom. The van der Waals surface area contributed by atoms with Crippen LogP contribution >= 0.6 is 0 Å². The van der Waals surface area contributed by atoms with Gasteiger partial charge in [0.05, 0.1) is 24.0 Å². The average molecular weight is 368 g/mol. The van der Waals surface area contributed by atoms with E-state index in [1.54, 1.807) is 4.90 Å². The highest BCUT2D eigenvalue weighted by Crippen LogP contribution is 2.29. The highest BCUT2D eigenvalue weighted by Gasteiger charge is 2.24. The van der Waals surface area contributed by atoms with Gasteiger partial charge in [-0.1, -0.05) is 0 Å². The van der Waals surface area contributed by atoms with Crippen LogP contribution in [0.1, 0.15) is 60.4 Å². The fraction of sp³-hybridized carbons (Fsp3) is 0.700. The molecule has 2 rings (SSSR count). The molecule has 2 unspecified atom stereocenters. The predicted molar refractivity (Wildman–Crippen MR) is 104 cm³/mol. The van der Waals surface area contributed by atoms with E-state index in [9.17, 15) is 8.42 Å². The Hall–Kier alpha value is -0.910. The van der Waals surface area contributed by atoms with E-state index in [4.69, 9.17) is 0 Å². The molecule has 4 nitrogen and oxygen atoms in total. The van der Waals surface area contributed by atoms with E-state index in [0.29, 0.717) is 17.5 Å². The predicted octanol–water partition coefficient (Wildman–Crippen LogP) is 2.35. The second-order valence-corrected chi connectivity index (χ2v) is 9.46. The summed E-state index contributed by atoms with van der Waals surface area (Å²) in [7, 11) is -3.46. The molecule has 5 heteroatoms. The molecular weight excluding hydrogens is 332 g/mol. The summed E-state index contributed by atoms with van der Waals surface area (Å²) >= 11 is 0. The number of sulfonamides is 1. The van der Waals surface area contributed by atoms with Crippen molar-refractivity contribution in [2.75, 3.05) is 19.6 Å². The standard InChI is InChI=1S/C20H34N2O2S/c1-14-10-7-8-12-22(14)13-9-11-21-25(23,24)20-18(5)16(3)15(2)17(4)19(20)6/h14,21H,7-13H2,1-6H3/p+1. The molecule has 1 aromatic rings. The molecule has 0 bridgehead atoms. The van der Waals surface area contributed by atoms with Gasteiger partial charge in [0.25, 0.3) is 0 Å². The van der Waals surface area contributed by atoms with Gasteiger partial charge in [0.2, 0.25) is 10.0 Å². The molecule has 0 spiro atoms. The van der Waals surface area contributed by atoms with Crippen LogP contribution in [0.15, 0.2) is 4.90 Å². The van der Waals surface area contributed by atoms with Crippen LogP contribution in [0.4, 0.5) is 0 Å². The fourth-order valence-corrected chi connectivity index (χ4v) is 5.76. The second kappa shape index (κ2) is 8.19. The monoisotopic (exact) mass is 367 g/mol. The van der Waals surface area contributed by atoms with Crippen molar-refractivity contribution in [2.45, 2.75) is 78.2 Å². The van der Waals surface area contributed by atoms with Crippen molar-refractivity contribution in [3.63, 3.8) is 0 Å². The Balaban J connectivity index is 2.05. The zero-order valence-corrected chi connectivity index (χ0v) is 17.6. The van der Waals surface area contributed by atoms with Crippen LogP contribution < -0.4 is 9.62 Å². The summed E-state index contributed by atoms with van der Waals surface area (Å²) in [6.07, 6.45) is 4.82. The van der Waals surface area contributed by atoms with Gasteiger partial charge in [0.15, 0.2) is 0 Å². The smallest absolute Gasteiger partial charge is 0.241 e. The fourth-order valence-electron chi connectivity index (χ4n) is 4.09. The minimum absolute atomic E-state index is 0.479. The largest absolute Gasteiger partial charge is 0.333 e. The van der Waals surface area contributed by atoms with Crippen molar-refractivity contribution in [1.82, 2.24) is 4.72 Å². The lowest BCUT2D eigenvalue weighted by Gasteiger charge is -2.30. The quantitative estimate of drug-likeness (QED) is 0.759. The van der Waals surface area contributed by atoms with E-state index >= 15 is 0 Å². The number of quaternary nitrogens is 1. The summed E-state index contributed by atoms with van der Waals surface area (Å²) in [6, 6.07) is 0.706.